The Bertz CT molecular complexity index is 520. The van der Waals surface area contributed by atoms with E-state index in [1.54, 1.807) is 0 Å². The van der Waals surface area contributed by atoms with Gasteiger partial charge in [-0.15, -0.1) is 0 Å². The van der Waals surface area contributed by atoms with Crippen LogP contribution in [0.3, 0.4) is 0 Å². The first-order valence-corrected chi connectivity index (χ1v) is 7.52. The largest absolute Gasteiger partial charge is 0.492 e. The van der Waals surface area contributed by atoms with Gasteiger partial charge in [0, 0.05) is 19.6 Å². The first kappa shape index (κ1) is 14.4. The Hall–Kier alpha value is -1.59. The number of benzene rings is 1. The number of para-hydroxylation sites is 1. The van der Waals surface area contributed by atoms with Crippen molar-refractivity contribution in [3.05, 3.63) is 29.8 Å². The van der Waals surface area contributed by atoms with Crippen LogP contribution in [0.15, 0.2) is 24.3 Å². The molecule has 2 aliphatic heterocycles. The maximum Gasteiger partial charge on any atom is 0.229 e. The van der Waals surface area contributed by atoms with E-state index < -0.39 is 0 Å². The number of carbonyl (C=O) groups excluding carboxylic acids is 1. The molecule has 21 heavy (non-hydrogen) atoms. The molecule has 5 nitrogen and oxygen atoms in total. The van der Waals surface area contributed by atoms with Crippen molar-refractivity contribution in [2.24, 2.45) is 11.7 Å². The summed E-state index contributed by atoms with van der Waals surface area (Å²) < 4.78 is 11.4. The highest BCUT2D eigenvalue weighted by Crippen LogP contribution is 2.28. The van der Waals surface area contributed by atoms with Crippen molar-refractivity contribution in [2.45, 2.75) is 25.6 Å². The highest BCUT2D eigenvalue weighted by atomic mass is 16.5. The van der Waals surface area contributed by atoms with E-state index in [9.17, 15) is 4.79 Å². The summed E-state index contributed by atoms with van der Waals surface area (Å²) >= 11 is 0. The monoisotopic (exact) mass is 290 g/mol. The lowest BCUT2D eigenvalue weighted by molar-refractivity contribution is -0.149. The number of nitrogens with two attached hydrogens (primary N) is 1. The van der Waals surface area contributed by atoms with E-state index in [2.05, 4.69) is 0 Å². The highest BCUT2D eigenvalue weighted by Gasteiger charge is 2.34. The van der Waals surface area contributed by atoms with Gasteiger partial charge in [-0.3, -0.25) is 4.79 Å². The van der Waals surface area contributed by atoms with Gasteiger partial charge in [-0.1, -0.05) is 18.2 Å². The summed E-state index contributed by atoms with van der Waals surface area (Å²) in [5.74, 6) is 0.943. The topological polar surface area (TPSA) is 64.8 Å². The molecular weight excluding hydrogens is 268 g/mol. The average molecular weight is 290 g/mol. The van der Waals surface area contributed by atoms with E-state index in [4.69, 9.17) is 15.2 Å². The van der Waals surface area contributed by atoms with Crippen LogP contribution in [0.25, 0.3) is 0 Å². The second kappa shape index (κ2) is 6.03. The Morgan fingerprint density at radius 3 is 3.00 bits per heavy atom. The molecule has 0 bridgehead atoms. The van der Waals surface area contributed by atoms with Crippen molar-refractivity contribution < 1.29 is 14.3 Å². The molecular formula is C16H22N2O3. The maximum absolute atomic E-state index is 12.7. The zero-order valence-electron chi connectivity index (χ0n) is 12.3. The van der Waals surface area contributed by atoms with Crippen LogP contribution in [-0.4, -0.2) is 49.3 Å². The number of hydrogen-bond acceptors (Lipinski definition) is 4. The molecule has 0 saturated carbocycles. The molecule has 0 aromatic heterocycles. The molecule has 1 saturated heterocycles. The molecule has 0 aliphatic carbocycles. The van der Waals surface area contributed by atoms with Crippen LogP contribution in [0.4, 0.5) is 0 Å². The van der Waals surface area contributed by atoms with Gasteiger partial charge < -0.3 is 20.1 Å². The summed E-state index contributed by atoms with van der Waals surface area (Å²) in [5.41, 5.74) is 6.79. The highest BCUT2D eigenvalue weighted by molar-refractivity contribution is 5.80. The van der Waals surface area contributed by atoms with Crippen molar-refractivity contribution in [1.82, 2.24) is 4.90 Å². The van der Waals surface area contributed by atoms with Crippen LogP contribution in [0, 0.1) is 5.92 Å². The van der Waals surface area contributed by atoms with Gasteiger partial charge in [0.1, 0.15) is 12.4 Å². The number of morpholine rings is 1. The Labute approximate surface area is 125 Å². The van der Waals surface area contributed by atoms with Crippen molar-refractivity contribution >= 4 is 5.91 Å². The predicted octanol–water partition coefficient (Wildman–Crippen LogP) is 0.812. The molecule has 1 fully saturated rings. The van der Waals surface area contributed by atoms with Crippen molar-refractivity contribution in [1.29, 1.82) is 0 Å². The molecule has 3 rings (SSSR count). The van der Waals surface area contributed by atoms with E-state index in [0.717, 1.165) is 17.7 Å². The van der Waals surface area contributed by atoms with Crippen LogP contribution in [0.1, 0.15) is 12.5 Å². The summed E-state index contributed by atoms with van der Waals surface area (Å²) in [4.78, 5) is 14.6. The third-order valence-electron chi connectivity index (χ3n) is 4.13. The SMILES string of the molecule is CC1CN(C(=O)C2COc3ccccc3C2)CC(CN)O1. The number of rotatable bonds is 2. The van der Waals surface area contributed by atoms with Crippen molar-refractivity contribution in [3.63, 3.8) is 0 Å². The van der Waals surface area contributed by atoms with E-state index in [1.807, 2.05) is 36.1 Å². The van der Waals surface area contributed by atoms with Gasteiger partial charge in [0.05, 0.1) is 18.1 Å². The van der Waals surface area contributed by atoms with E-state index >= 15 is 0 Å². The van der Waals surface area contributed by atoms with Gasteiger partial charge in [0.15, 0.2) is 0 Å². The lowest BCUT2D eigenvalue weighted by atomic mass is 9.95. The first-order chi connectivity index (χ1) is 10.2. The summed E-state index contributed by atoms with van der Waals surface area (Å²) in [5, 5.41) is 0. The Balaban J connectivity index is 1.68. The second-order valence-corrected chi connectivity index (χ2v) is 5.87. The molecule has 2 N–H and O–H groups in total. The quantitative estimate of drug-likeness (QED) is 0.875. The summed E-state index contributed by atoms with van der Waals surface area (Å²) in [6.07, 6.45) is 0.719. The van der Waals surface area contributed by atoms with Crippen molar-refractivity contribution in [2.75, 3.05) is 26.2 Å². The summed E-state index contributed by atoms with van der Waals surface area (Å²) in [7, 11) is 0. The molecule has 3 atom stereocenters. The van der Waals surface area contributed by atoms with E-state index in [0.29, 0.717) is 26.2 Å². The van der Waals surface area contributed by atoms with Gasteiger partial charge in [0.2, 0.25) is 5.91 Å². The number of fused-ring (bicyclic) bond motifs is 1. The smallest absolute Gasteiger partial charge is 0.229 e. The molecule has 114 valence electrons. The fraction of sp³-hybridized carbons (Fsp3) is 0.562. The molecule has 2 aliphatic rings. The zero-order valence-corrected chi connectivity index (χ0v) is 12.3. The predicted molar refractivity (Wildman–Crippen MR) is 79.1 cm³/mol. The van der Waals surface area contributed by atoms with Crippen LogP contribution < -0.4 is 10.5 Å². The Morgan fingerprint density at radius 2 is 2.19 bits per heavy atom. The molecule has 2 heterocycles. The van der Waals surface area contributed by atoms with Crippen LogP contribution >= 0.6 is 0 Å². The Kier molecular flexibility index (Phi) is 4.12. The fourth-order valence-corrected chi connectivity index (χ4v) is 3.10. The molecule has 3 unspecified atom stereocenters. The lowest BCUT2D eigenvalue weighted by Gasteiger charge is -2.38. The summed E-state index contributed by atoms with van der Waals surface area (Å²) in [6, 6.07) is 7.92. The lowest BCUT2D eigenvalue weighted by Crippen LogP contribution is -2.53. The van der Waals surface area contributed by atoms with Crippen LogP contribution in [-0.2, 0) is 16.0 Å². The number of carbonyl (C=O) groups is 1. The number of amides is 1. The number of ether oxygens (including phenoxy) is 2. The molecule has 1 amide bonds. The van der Waals surface area contributed by atoms with Gasteiger partial charge in [0.25, 0.3) is 0 Å². The molecule has 0 radical (unpaired) electrons. The van der Waals surface area contributed by atoms with Crippen LogP contribution in [0.2, 0.25) is 0 Å². The van der Waals surface area contributed by atoms with Gasteiger partial charge in [-0.05, 0) is 25.0 Å². The average Bonchev–Trinajstić information content (AvgIpc) is 2.53. The fourth-order valence-electron chi connectivity index (χ4n) is 3.10. The summed E-state index contributed by atoms with van der Waals surface area (Å²) in [6.45, 7) is 4.09. The second-order valence-electron chi connectivity index (χ2n) is 5.87. The standard InChI is InChI=1S/C16H22N2O3/c1-11-8-18(9-14(7-17)21-11)16(19)13-6-12-4-2-3-5-15(12)20-10-13/h2-5,11,13-14H,6-10,17H2,1H3. The first-order valence-electron chi connectivity index (χ1n) is 7.52. The van der Waals surface area contributed by atoms with Gasteiger partial charge in [-0.2, -0.15) is 0 Å². The minimum atomic E-state index is -0.108. The van der Waals surface area contributed by atoms with Gasteiger partial charge >= 0.3 is 0 Å². The minimum absolute atomic E-state index is 0.0352. The third-order valence-corrected chi connectivity index (χ3v) is 4.13. The minimum Gasteiger partial charge on any atom is -0.492 e. The maximum atomic E-state index is 12.7. The molecule has 1 aromatic carbocycles. The molecule has 1 aromatic rings. The van der Waals surface area contributed by atoms with E-state index in [-0.39, 0.29) is 24.0 Å². The number of nitrogens with zero attached hydrogens (tertiary/aromatic N) is 1. The molecule has 0 spiro atoms. The Morgan fingerprint density at radius 1 is 1.38 bits per heavy atom. The van der Waals surface area contributed by atoms with Crippen LogP contribution in [0.5, 0.6) is 5.75 Å². The number of hydrogen-bond donors (Lipinski definition) is 1. The third kappa shape index (κ3) is 3.04. The zero-order chi connectivity index (χ0) is 14.8. The van der Waals surface area contributed by atoms with Gasteiger partial charge in [-0.25, -0.2) is 0 Å². The molecule has 5 heteroatoms. The normalized spacial score (nSPS) is 28.7. The van der Waals surface area contributed by atoms with Crippen molar-refractivity contribution in [3.8, 4) is 5.75 Å². The van der Waals surface area contributed by atoms with E-state index in [1.165, 1.54) is 0 Å².